The third-order valence-corrected chi connectivity index (χ3v) is 0.474. The Morgan fingerprint density at radius 2 is 2.50 bits per heavy atom. The van der Waals surface area contributed by atoms with Crippen LogP contribution in [0.2, 0.25) is 0 Å². The maximum atomic E-state index is 3.72. The minimum atomic E-state index is 0.671. The van der Waals surface area contributed by atoms with E-state index in [0.717, 1.165) is 0 Å². The van der Waals surface area contributed by atoms with E-state index in [2.05, 4.69) is 27.5 Å². The predicted octanol–water partition coefficient (Wildman–Crippen LogP) is 1.94. The van der Waals surface area contributed by atoms with E-state index < -0.39 is 0 Å². The highest BCUT2D eigenvalue weighted by Crippen LogP contribution is 1.98. The van der Waals surface area contributed by atoms with Crippen LogP contribution in [0.1, 0.15) is 6.92 Å². The Kier molecular flexibility index (Phi) is 3.04. The molecule has 0 aromatic carbocycles. The Morgan fingerprint density at radius 1 is 2.00 bits per heavy atom. The van der Waals surface area contributed by atoms with Gasteiger partial charge < -0.3 is 0 Å². The zero-order valence-corrected chi connectivity index (χ0v) is 5.20. The number of halogens is 1. The van der Waals surface area contributed by atoms with Crippen molar-refractivity contribution in [3.63, 3.8) is 0 Å². The molecule has 0 saturated carbocycles. The summed E-state index contributed by atoms with van der Waals surface area (Å²) in [5, 5.41) is 0. The molecule has 2 heteroatoms. The molecule has 0 atom stereocenters. The molecule has 0 N–H and O–H groups in total. The highest BCUT2D eigenvalue weighted by molar-refractivity contribution is 9.11. The van der Waals surface area contributed by atoms with Crippen LogP contribution >= 0.6 is 15.9 Å². The van der Waals surface area contributed by atoms with Crippen LogP contribution in [0.3, 0.4) is 0 Å². The molecule has 34 valence electrons. The van der Waals surface area contributed by atoms with Gasteiger partial charge in [0.1, 0.15) is 0 Å². The Morgan fingerprint density at radius 3 is 2.50 bits per heavy atom. The number of aliphatic imine (C=N–C) groups is 1. The molecule has 0 aliphatic rings. The first kappa shape index (κ1) is 5.89. The third-order valence-electron chi connectivity index (χ3n) is 0.269. The fourth-order valence-corrected chi connectivity index (χ4v) is 0.345. The fraction of sp³-hybridized carbons (Fsp3) is 0.250. The molecule has 0 fully saturated rings. The summed E-state index contributed by atoms with van der Waals surface area (Å²) >= 11 is 3.04. The highest BCUT2D eigenvalue weighted by atomic mass is 79.9. The summed E-state index contributed by atoms with van der Waals surface area (Å²) < 4.78 is 0.671. The van der Waals surface area contributed by atoms with E-state index in [9.17, 15) is 0 Å². The van der Waals surface area contributed by atoms with Gasteiger partial charge in [0.2, 0.25) is 0 Å². The van der Waals surface area contributed by atoms with Crippen LogP contribution in [0.25, 0.3) is 0 Å². The number of rotatable bonds is 1. The average molecular weight is 148 g/mol. The summed E-state index contributed by atoms with van der Waals surface area (Å²) in [6.07, 6.45) is 1.68. The Hall–Kier alpha value is -0.110. The third kappa shape index (κ3) is 3.89. The van der Waals surface area contributed by atoms with E-state index in [4.69, 9.17) is 0 Å². The average Bonchev–Trinajstić information content (AvgIpc) is 1.35. The topological polar surface area (TPSA) is 12.4 Å². The van der Waals surface area contributed by atoms with Gasteiger partial charge in [-0.1, -0.05) is 6.58 Å². The molecule has 6 heavy (non-hydrogen) atoms. The second kappa shape index (κ2) is 3.09. The molecule has 0 saturated heterocycles. The number of hydrogen-bond acceptors (Lipinski definition) is 1. The minimum absolute atomic E-state index is 0.671. The Balaban J connectivity index is 3.30. The number of nitrogens with zero attached hydrogens (tertiary/aromatic N) is 1. The Labute approximate surface area is 45.9 Å². The van der Waals surface area contributed by atoms with Gasteiger partial charge in [-0.15, -0.1) is 0 Å². The quantitative estimate of drug-likeness (QED) is 0.398. The summed E-state index contributed by atoms with van der Waals surface area (Å²) in [5.41, 5.74) is 0. The van der Waals surface area contributed by atoms with E-state index in [1.807, 2.05) is 6.92 Å². The zero-order chi connectivity index (χ0) is 4.99. The molecule has 0 aliphatic carbocycles. The molecular formula is C4H6BrN. The largest absolute Gasteiger partial charge is 0.255 e. The molecule has 0 amide bonds. The van der Waals surface area contributed by atoms with Crippen molar-refractivity contribution in [1.82, 2.24) is 0 Å². The van der Waals surface area contributed by atoms with E-state index in [0.29, 0.717) is 4.61 Å². The molecule has 0 aliphatic heterocycles. The van der Waals surface area contributed by atoms with Gasteiger partial charge in [-0.3, -0.25) is 4.99 Å². The van der Waals surface area contributed by atoms with Crippen molar-refractivity contribution in [3.8, 4) is 0 Å². The molecule has 1 nitrogen and oxygen atoms in total. The molecule has 0 heterocycles. The van der Waals surface area contributed by atoms with Gasteiger partial charge in [0.25, 0.3) is 0 Å². The summed E-state index contributed by atoms with van der Waals surface area (Å²) in [5.74, 6) is 0. The molecule has 0 spiro atoms. The lowest BCUT2D eigenvalue weighted by molar-refractivity contribution is 1.57. The van der Waals surface area contributed by atoms with Crippen molar-refractivity contribution in [1.29, 1.82) is 0 Å². The zero-order valence-electron chi connectivity index (χ0n) is 3.61. The van der Waals surface area contributed by atoms with Crippen LogP contribution in [0.15, 0.2) is 16.2 Å². The summed E-state index contributed by atoms with van der Waals surface area (Å²) in [4.78, 5) is 3.72. The lowest BCUT2D eigenvalue weighted by Gasteiger charge is -1.74. The molecule has 0 aromatic heterocycles. The van der Waals surface area contributed by atoms with E-state index >= 15 is 0 Å². The van der Waals surface area contributed by atoms with Crippen molar-refractivity contribution in [3.05, 3.63) is 11.2 Å². The summed E-state index contributed by atoms with van der Waals surface area (Å²) in [6, 6.07) is 0. The highest BCUT2D eigenvalue weighted by Gasteiger charge is 1.67. The van der Waals surface area contributed by atoms with E-state index in [1.165, 1.54) is 0 Å². The molecular weight excluding hydrogens is 142 g/mol. The van der Waals surface area contributed by atoms with Gasteiger partial charge >= 0.3 is 0 Å². The molecule has 0 unspecified atom stereocenters. The monoisotopic (exact) mass is 147 g/mol. The summed E-state index contributed by atoms with van der Waals surface area (Å²) in [6.45, 7) is 5.30. The van der Waals surface area contributed by atoms with Crippen LogP contribution < -0.4 is 0 Å². The van der Waals surface area contributed by atoms with Gasteiger partial charge in [-0.25, -0.2) is 0 Å². The molecule has 0 radical (unpaired) electrons. The van der Waals surface area contributed by atoms with Gasteiger partial charge in [-0.2, -0.15) is 0 Å². The second-order valence-corrected chi connectivity index (χ2v) is 1.68. The van der Waals surface area contributed by atoms with Crippen LogP contribution in [-0.2, 0) is 0 Å². The minimum Gasteiger partial charge on any atom is -0.255 e. The van der Waals surface area contributed by atoms with Gasteiger partial charge in [-0.05, 0) is 22.9 Å². The molecule has 0 rings (SSSR count). The molecule has 0 aromatic rings. The number of hydrogen-bond donors (Lipinski definition) is 0. The first-order valence-electron chi connectivity index (χ1n) is 1.60. The maximum Gasteiger partial charge on any atom is 0.0980 e. The lowest BCUT2D eigenvalue weighted by Crippen LogP contribution is -1.55. The van der Waals surface area contributed by atoms with Crippen molar-refractivity contribution in [2.75, 3.05) is 0 Å². The second-order valence-electron chi connectivity index (χ2n) is 0.764. The smallest absolute Gasteiger partial charge is 0.0980 e. The van der Waals surface area contributed by atoms with E-state index in [1.54, 1.807) is 6.21 Å². The standard InChI is InChI=1S/C4H6BrN/c1-3-6-4(2)5/h3H,2H2,1H3. The SMILES string of the molecule is C=C(Br)N=CC. The lowest BCUT2D eigenvalue weighted by atomic mass is 10.9. The maximum absolute atomic E-state index is 3.72. The van der Waals surface area contributed by atoms with Crippen LogP contribution in [0.4, 0.5) is 0 Å². The van der Waals surface area contributed by atoms with Crippen LogP contribution in [0.5, 0.6) is 0 Å². The normalized spacial score (nSPS) is 9.67. The summed E-state index contributed by atoms with van der Waals surface area (Å²) in [7, 11) is 0. The van der Waals surface area contributed by atoms with Crippen LogP contribution in [-0.4, -0.2) is 6.21 Å². The van der Waals surface area contributed by atoms with Crippen LogP contribution in [0, 0.1) is 0 Å². The van der Waals surface area contributed by atoms with Crippen molar-refractivity contribution >= 4 is 22.1 Å². The van der Waals surface area contributed by atoms with Crippen molar-refractivity contribution < 1.29 is 0 Å². The fourth-order valence-electron chi connectivity index (χ4n) is 0.140. The van der Waals surface area contributed by atoms with E-state index in [-0.39, 0.29) is 0 Å². The molecule has 0 bridgehead atoms. The first-order valence-corrected chi connectivity index (χ1v) is 2.39. The van der Waals surface area contributed by atoms with Crippen molar-refractivity contribution in [2.45, 2.75) is 6.92 Å². The predicted molar refractivity (Wildman–Crippen MR) is 32.2 cm³/mol. The first-order chi connectivity index (χ1) is 2.77. The Bertz CT molecular complexity index is 75.6. The van der Waals surface area contributed by atoms with Gasteiger partial charge in [0, 0.05) is 6.21 Å². The van der Waals surface area contributed by atoms with Gasteiger partial charge in [0.15, 0.2) is 0 Å². The van der Waals surface area contributed by atoms with Gasteiger partial charge in [0.05, 0.1) is 4.61 Å². The van der Waals surface area contributed by atoms with Crippen molar-refractivity contribution in [2.24, 2.45) is 4.99 Å².